The number of amides is 1. The summed E-state index contributed by atoms with van der Waals surface area (Å²) in [6.45, 7) is 0.349. The topological polar surface area (TPSA) is 77.8 Å². The number of hydrogen-bond acceptors (Lipinski definition) is 2. The van der Waals surface area contributed by atoms with Crippen LogP contribution in [0.4, 0.5) is 0 Å². The number of nitrogens with one attached hydrogen (secondary N) is 3. The zero-order valence-electron chi connectivity index (χ0n) is 10.6. The first-order valence-electron chi connectivity index (χ1n) is 6.26. The number of rotatable bonds is 3. The molecule has 0 bridgehead atoms. The zero-order valence-corrected chi connectivity index (χ0v) is 10.6. The molecule has 2 heterocycles. The fraction of sp³-hybridized carbons (Fsp3) is 0.0667. The number of fused-ring (bicyclic) bond motifs is 1. The van der Waals surface area contributed by atoms with Crippen molar-refractivity contribution in [1.82, 2.24) is 15.3 Å². The van der Waals surface area contributed by atoms with Crippen LogP contribution in [-0.4, -0.2) is 15.9 Å². The number of benzene rings is 1. The molecule has 5 heteroatoms. The Labute approximate surface area is 114 Å². The molecule has 0 aliphatic carbocycles. The molecule has 0 radical (unpaired) electrons. The van der Waals surface area contributed by atoms with Crippen molar-refractivity contribution in [3.63, 3.8) is 0 Å². The lowest BCUT2D eigenvalue weighted by Crippen LogP contribution is -2.28. The van der Waals surface area contributed by atoms with Crippen LogP contribution in [0.2, 0.25) is 0 Å². The Bertz CT molecular complexity index is 784. The fourth-order valence-electron chi connectivity index (χ4n) is 2.10. The van der Waals surface area contributed by atoms with Crippen molar-refractivity contribution in [3.05, 3.63) is 70.3 Å². The molecule has 0 aliphatic heterocycles. The molecule has 0 saturated carbocycles. The maximum absolute atomic E-state index is 11.9. The van der Waals surface area contributed by atoms with E-state index >= 15 is 0 Å². The van der Waals surface area contributed by atoms with E-state index in [1.807, 2.05) is 30.3 Å². The van der Waals surface area contributed by atoms with Gasteiger partial charge in [-0.1, -0.05) is 18.2 Å². The van der Waals surface area contributed by atoms with E-state index in [1.54, 1.807) is 6.07 Å². The second kappa shape index (κ2) is 5.05. The summed E-state index contributed by atoms with van der Waals surface area (Å²) < 4.78 is 0. The van der Waals surface area contributed by atoms with Gasteiger partial charge in [-0.05, 0) is 29.7 Å². The summed E-state index contributed by atoms with van der Waals surface area (Å²) in [5.74, 6) is -0.384. The molecule has 3 N–H and O–H groups in total. The van der Waals surface area contributed by atoms with Gasteiger partial charge < -0.3 is 15.3 Å². The van der Waals surface area contributed by atoms with Crippen molar-refractivity contribution in [2.75, 3.05) is 0 Å². The van der Waals surface area contributed by atoms with Crippen LogP contribution in [0.25, 0.3) is 10.9 Å². The number of para-hydroxylation sites is 1. The first-order valence-corrected chi connectivity index (χ1v) is 6.26. The van der Waals surface area contributed by atoms with Crippen molar-refractivity contribution in [2.24, 2.45) is 0 Å². The highest BCUT2D eigenvalue weighted by atomic mass is 16.2. The van der Waals surface area contributed by atoms with Crippen LogP contribution >= 0.6 is 0 Å². The minimum atomic E-state index is -0.387. The standard InChI is InChI=1S/C15H13N3O2/c19-14-12(5-3-7-16-14)15(20)17-9-11-8-10-4-1-2-6-13(10)18-11/h1-8,18H,9H2,(H,16,19)(H,17,20). The lowest BCUT2D eigenvalue weighted by atomic mass is 10.2. The average molecular weight is 267 g/mol. The van der Waals surface area contributed by atoms with Crippen LogP contribution in [0, 0.1) is 0 Å². The molecule has 0 atom stereocenters. The van der Waals surface area contributed by atoms with Crippen molar-refractivity contribution in [2.45, 2.75) is 6.54 Å². The molecule has 0 aliphatic rings. The third-order valence-corrected chi connectivity index (χ3v) is 3.09. The Morgan fingerprint density at radius 2 is 2.00 bits per heavy atom. The normalized spacial score (nSPS) is 10.6. The van der Waals surface area contributed by atoms with Gasteiger partial charge in [0, 0.05) is 17.4 Å². The number of H-pyrrole nitrogens is 2. The minimum Gasteiger partial charge on any atom is -0.357 e. The van der Waals surface area contributed by atoms with E-state index < -0.39 is 0 Å². The highest BCUT2D eigenvalue weighted by Crippen LogP contribution is 2.14. The molecular formula is C15H13N3O2. The predicted octanol–water partition coefficient (Wildman–Crippen LogP) is 1.79. The van der Waals surface area contributed by atoms with Crippen LogP contribution in [0.15, 0.2) is 53.5 Å². The maximum atomic E-state index is 11.9. The summed E-state index contributed by atoms with van der Waals surface area (Å²) in [5, 5.41) is 3.82. The number of hydrogen-bond donors (Lipinski definition) is 3. The lowest BCUT2D eigenvalue weighted by molar-refractivity contribution is 0.0949. The maximum Gasteiger partial charge on any atom is 0.260 e. The number of pyridine rings is 1. The van der Waals surface area contributed by atoms with Crippen molar-refractivity contribution in [1.29, 1.82) is 0 Å². The smallest absolute Gasteiger partial charge is 0.260 e. The SMILES string of the molecule is O=C(NCc1cc2ccccc2[nH]1)c1ccc[nH]c1=O. The molecule has 0 unspecified atom stereocenters. The third-order valence-electron chi connectivity index (χ3n) is 3.09. The van der Waals surface area contributed by atoms with Gasteiger partial charge in [-0.15, -0.1) is 0 Å². The first kappa shape index (κ1) is 12.2. The fourth-order valence-corrected chi connectivity index (χ4v) is 2.10. The molecule has 5 nitrogen and oxygen atoms in total. The summed E-state index contributed by atoms with van der Waals surface area (Å²) in [7, 11) is 0. The van der Waals surface area contributed by atoms with E-state index in [4.69, 9.17) is 0 Å². The molecule has 1 amide bonds. The number of carbonyl (C=O) groups is 1. The van der Waals surface area contributed by atoms with E-state index in [-0.39, 0.29) is 17.0 Å². The summed E-state index contributed by atoms with van der Waals surface area (Å²) in [6, 6.07) is 13.0. The Balaban J connectivity index is 1.75. The molecule has 0 saturated heterocycles. The highest BCUT2D eigenvalue weighted by Gasteiger charge is 2.09. The molecule has 20 heavy (non-hydrogen) atoms. The molecule has 1 aromatic carbocycles. The summed E-state index contributed by atoms with van der Waals surface area (Å²) in [6.07, 6.45) is 1.50. The molecule has 0 fully saturated rings. The molecule has 100 valence electrons. The third kappa shape index (κ3) is 2.33. The molecule has 3 aromatic rings. The van der Waals surface area contributed by atoms with E-state index in [9.17, 15) is 9.59 Å². The summed E-state index contributed by atoms with van der Waals surface area (Å²) in [4.78, 5) is 29.1. The Morgan fingerprint density at radius 1 is 1.15 bits per heavy atom. The Hall–Kier alpha value is -2.82. The quantitative estimate of drug-likeness (QED) is 0.676. The van der Waals surface area contributed by atoms with Gasteiger partial charge in [0.05, 0.1) is 6.54 Å². The van der Waals surface area contributed by atoms with Gasteiger partial charge in [0.1, 0.15) is 5.56 Å². The van der Waals surface area contributed by atoms with E-state index in [0.717, 1.165) is 16.6 Å². The van der Waals surface area contributed by atoms with Gasteiger partial charge in [-0.25, -0.2) is 0 Å². The Kier molecular flexibility index (Phi) is 3.09. The molecule has 3 rings (SSSR count). The molecule has 2 aromatic heterocycles. The van der Waals surface area contributed by atoms with Crippen LogP contribution in [0.1, 0.15) is 16.1 Å². The van der Waals surface area contributed by atoms with E-state index in [1.165, 1.54) is 12.3 Å². The van der Waals surface area contributed by atoms with Gasteiger partial charge in [-0.2, -0.15) is 0 Å². The van der Waals surface area contributed by atoms with Gasteiger partial charge in [0.15, 0.2) is 0 Å². The molecular weight excluding hydrogens is 254 g/mol. The van der Waals surface area contributed by atoms with Gasteiger partial charge in [-0.3, -0.25) is 9.59 Å². The van der Waals surface area contributed by atoms with Crippen molar-refractivity contribution in [3.8, 4) is 0 Å². The van der Waals surface area contributed by atoms with Crippen molar-refractivity contribution < 1.29 is 4.79 Å². The Morgan fingerprint density at radius 3 is 2.80 bits per heavy atom. The predicted molar refractivity (Wildman–Crippen MR) is 76.5 cm³/mol. The highest BCUT2D eigenvalue weighted by molar-refractivity contribution is 5.93. The van der Waals surface area contributed by atoms with Crippen LogP contribution in [0.3, 0.4) is 0 Å². The van der Waals surface area contributed by atoms with Gasteiger partial charge in [0.25, 0.3) is 11.5 Å². The van der Waals surface area contributed by atoms with E-state index in [2.05, 4.69) is 15.3 Å². The second-order valence-corrected chi connectivity index (χ2v) is 4.48. The summed E-state index contributed by atoms with van der Waals surface area (Å²) in [5.41, 5.74) is 1.64. The lowest BCUT2D eigenvalue weighted by Gasteiger charge is -2.02. The number of aromatic nitrogens is 2. The monoisotopic (exact) mass is 267 g/mol. The van der Waals surface area contributed by atoms with Gasteiger partial charge in [0.2, 0.25) is 0 Å². The average Bonchev–Trinajstić information content (AvgIpc) is 2.88. The second-order valence-electron chi connectivity index (χ2n) is 4.48. The summed E-state index contributed by atoms with van der Waals surface area (Å²) >= 11 is 0. The van der Waals surface area contributed by atoms with Crippen LogP contribution < -0.4 is 10.9 Å². The van der Waals surface area contributed by atoms with Crippen LogP contribution in [-0.2, 0) is 6.54 Å². The first-order chi connectivity index (χ1) is 9.74. The minimum absolute atomic E-state index is 0.114. The van der Waals surface area contributed by atoms with Crippen molar-refractivity contribution >= 4 is 16.8 Å². The number of carbonyl (C=O) groups excluding carboxylic acids is 1. The number of aromatic amines is 2. The largest absolute Gasteiger partial charge is 0.357 e. The molecule has 0 spiro atoms. The van der Waals surface area contributed by atoms with Gasteiger partial charge >= 0.3 is 0 Å². The van der Waals surface area contributed by atoms with E-state index in [0.29, 0.717) is 6.54 Å². The zero-order chi connectivity index (χ0) is 13.9. The van der Waals surface area contributed by atoms with Crippen LogP contribution in [0.5, 0.6) is 0 Å².